The van der Waals surface area contributed by atoms with Crippen LogP contribution in [0.25, 0.3) is 0 Å². The summed E-state index contributed by atoms with van der Waals surface area (Å²) < 4.78 is 21.7. The van der Waals surface area contributed by atoms with E-state index in [4.69, 9.17) is 0 Å². The van der Waals surface area contributed by atoms with Gasteiger partial charge in [-0.3, -0.25) is 0 Å². The summed E-state index contributed by atoms with van der Waals surface area (Å²) in [6, 6.07) is 39.2. The number of imidazole rings is 5. The van der Waals surface area contributed by atoms with E-state index in [-0.39, 0.29) is 0 Å². The highest BCUT2D eigenvalue weighted by atomic mass is 15.1. The van der Waals surface area contributed by atoms with Crippen LogP contribution in [0.5, 0.6) is 0 Å². The van der Waals surface area contributed by atoms with Crippen molar-refractivity contribution < 1.29 is 22.8 Å². The standard InChI is InChI=1S/C14H19N2.3C13H17N2.C12H15N2/c1-11-7-12(2)9-14(8-11)10-16-6-5-15(4)13(16)3;1-11-6-12(2)8-13(7-11)9-15-5-4-14(3)10-15;1-11-5-4-6-13(9-11)10-15-8-7-14(3)12(15)2;1-11-6-4-5-7-13(11)10-15-9-8-14(3)12(15)2;1-11-4-3-5-12(8-11)9-14-7-6-13(2)10-14/h5-9H,10H2,1-4H3;4-8,10H,9H2,1-3H3;2*4-9H,10H2,1-3H3;3-8,10H,9H2,1-2H3/q5*+1. The molecule has 0 spiro atoms. The molecule has 10 aromatic rings. The molecule has 5 aromatic heterocycles. The summed E-state index contributed by atoms with van der Waals surface area (Å²) in [5, 5.41) is 0. The van der Waals surface area contributed by atoms with Crippen molar-refractivity contribution in [3.05, 3.63) is 268 Å². The minimum atomic E-state index is 0.947. The number of hydrogen-bond donors (Lipinski definition) is 0. The number of hydrogen-bond acceptors (Lipinski definition) is 0. The Morgan fingerprint density at radius 3 is 1.05 bits per heavy atom. The van der Waals surface area contributed by atoms with Crippen molar-refractivity contribution >= 4 is 0 Å². The molecule has 0 bridgehead atoms. The van der Waals surface area contributed by atoms with Gasteiger partial charge in [0.2, 0.25) is 12.7 Å². The summed E-state index contributed by atoms with van der Waals surface area (Å²) in [7, 11) is 10.3. The van der Waals surface area contributed by atoms with Gasteiger partial charge in [-0.15, -0.1) is 0 Å². The predicted octanol–water partition coefficient (Wildman–Crippen LogP) is 9.89. The van der Waals surface area contributed by atoms with Crippen molar-refractivity contribution in [2.75, 3.05) is 0 Å². The average molecular weight is 1010 g/mol. The molecule has 0 unspecified atom stereocenters. The molecule has 75 heavy (non-hydrogen) atoms. The summed E-state index contributed by atoms with van der Waals surface area (Å²) in [6.07, 6.45) is 25.1. The summed E-state index contributed by atoms with van der Waals surface area (Å²) >= 11 is 0. The molecular formula is C65H85N10+5. The molecule has 0 atom stereocenters. The van der Waals surface area contributed by atoms with Crippen molar-refractivity contribution in [3.63, 3.8) is 0 Å². The number of rotatable bonds is 10. The predicted molar refractivity (Wildman–Crippen MR) is 303 cm³/mol. The van der Waals surface area contributed by atoms with E-state index in [1.54, 1.807) is 0 Å². The molecule has 0 aliphatic heterocycles. The summed E-state index contributed by atoms with van der Waals surface area (Å²) in [6.45, 7) is 26.2. The molecule has 0 aliphatic carbocycles. The highest BCUT2D eigenvalue weighted by Gasteiger charge is 2.12. The maximum atomic E-state index is 2.27. The van der Waals surface area contributed by atoms with E-state index in [9.17, 15) is 0 Å². The SMILES string of the molecule is Cc1cc(C)cc(Cn2cc[n+](C)c2)c1.Cc1cc(C)cc(Cn2cc[n+](C)c2C)c1.Cc1cccc(Cn2cc[n+](C)c2)c1.Cc1cccc(Cn2cc[n+](C)c2C)c1.Cc1ccccc1Cn1cc[n+](C)c1C. The second-order valence-electron chi connectivity index (χ2n) is 20.7. The van der Waals surface area contributed by atoms with Gasteiger partial charge in [0.05, 0.1) is 35.2 Å². The average Bonchev–Trinajstić information content (AvgIpc) is 4.18. The molecular weight excluding hydrogens is 921 g/mol. The lowest BCUT2D eigenvalue weighted by atomic mass is 10.1. The van der Waals surface area contributed by atoms with Crippen LogP contribution in [0.1, 0.15) is 84.2 Å². The lowest BCUT2D eigenvalue weighted by molar-refractivity contribution is -0.677. The van der Waals surface area contributed by atoms with E-state index in [0.717, 1.165) is 32.7 Å². The number of aromatic nitrogens is 10. The van der Waals surface area contributed by atoms with Gasteiger partial charge in [0.25, 0.3) is 17.5 Å². The first-order valence-corrected chi connectivity index (χ1v) is 26.1. The third kappa shape index (κ3) is 17.7. The smallest absolute Gasteiger partial charge is 0.240 e. The Morgan fingerprint density at radius 1 is 0.320 bits per heavy atom. The molecule has 390 valence electrons. The highest BCUT2D eigenvalue weighted by molar-refractivity contribution is 5.30. The Labute approximate surface area is 449 Å². The summed E-state index contributed by atoms with van der Waals surface area (Å²) in [5.41, 5.74) is 16.2. The fourth-order valence-corrected chi connectivity index (χ4v) is 9.22. The third-order valence-corrected chi connectivity index (χ3v) is 13.6. The van der Waals surface area contributed by atoms with Crippen LogP contribution >= 0.6 is 0 Å². The van der Waals surface area contributed by atoms with Crippen LogP contribution in [-0.4, -0.2) is 22.8 Å². The zero-order valence-corrected chi connectivity index (χ0v) is 47.8. The Kier molecular flexibility index (Phi) is 20.3. The molecule has 10 heteroatoms. The zero-order valence-electron chi connectivity index (χ0n) is 47.8. The molecule has 0 saturated heterocycles. The molecule has 10 rings (SSSR count). The molecule has 5 aromatic carbocycles. The van der Waals surface area contributed by atoms with Crippen molar-refractivity contribution in [1.29, 1.82) is 0 Å². The fraction of sp³-hybridized carbons (Fsp3) is 0.308. The van der Waals surface area contributed by atoms with Crippen molar-refractivity contribution in [2.24, 2.45) is 35.2 Å². The Bertz CT molecular complexity index is 3350. The van der Waals surface area contributed by atoms with Gasteiger partial charge in [0.1, 0.15) is 94.7 Å². The highest BCUT2D eigenvalue weighted by Crippen LogP contribution is 2.13. The van der Waals surface area contributed by atoms with Crippen LogP contribution in [0.15, 0.2) is 184 Å². The van der Waals surface area contributed by atoms with E-state index in [0.29, 0.717) is 0 Å². The minimum Gasteiger partial charge on any atom is -0.240 e. The van der Waals surface area contributed by atoms with E-state index in [2.05, 4.69) is 320 Å². The summed E-state index contributed by atoms with van der Waals surface area (Å²) in [5.74, 6) is 3.83. The first-order valence-electron chi connectivity index (χ1n) is 26.1. The van der Waals surface area contributed by atoms with Gasteiger partial charge in [-0.25, -0.2) is 45.7 Å². The second-order valence-corrected chi connectivity index (χ2v) is 20.7. The second kappa shape index (κ2) is 26.9. The number of benzene rings is 5. The molecule has 5 heterocycles. The van der Waals surface area contributed by atoms with Crippen LogP contribution < -0.4 is 22.8 Å². The van der Waals surface area contributed by atoms with Gasteiger partial charge in [0.15, 0.2) is 0 Å². The first-order chi connectivity index (χ1) is 35.8. The van der Waals surface area contributed by atoms with E-state index >= 15 is 0 Å². The maximum Gasteiger partial charge on any atom is 0.253 e. The monoisotopic (exact) mass is 1010 g/mol. The zero-order chi connectivity index (χ0) is 54.2. The quantitative estimate of drug-likeness (QED) is 0.123. The van der Waals surface area contributed by atoms with Gasteiger partial charge >= 0.3 is 0 Å². The van der Waals surface area contributed by atoms with Gasteiger partial charge in [-0.05, 0) is 81.8 Å². The van der Waals surface area contributed by atoms with E-state index in [1.807, 2.05) is 14.1 Å². The van der Waals surface area contributed by atoms with Gasteiger partial charge in [-0.1, -0.05) is 143 Å². The molecule has 0 amide bonds. The molecule has 0 aliphatic rings. The molecule has 0 N–H and O–H groups in total. The molecule has 10 nitrogen and oxygen atoms in total. The van der Waals surface area contributed by atoms with Crippen LogP contribution in [0.3, 0.4) is 0 Å². The van der Waals surface area contributed by atoms with Crippen LogP contribution in [0.4, 0.5) is 0 Å². The van der Waals surface area contributed by atoms with E-state index < -0.39 is 0 Å². The maximum absolute atomic E-state index is 2.27. The van der Waals surface area contributed by atoms with Crippen LogP contribution in [0, 0.1) is 69.2 Å². The van der Waals surface area contributed by atoms with Gasteiger partial charge in [0, 0.05) is 20.8 Å². The molecule has 0 fully saturated rings. The minimum absolute atomic E-state index is 0.947. The van der Waals surface area contributed by atoms with Crippen molar-refractivity contribution in [2.45, 2.75) is 102 Å². The topological polar surface area (TPSA) is 44.0 Å². The number of nitrogens with zero attached hydrogens (tertiary/aromatic N) is 10. The lowest BCUT2D eigenvalue weighted by Crippen LogP contribution is -2.29. The lowest BCUT2D eigenvalue weighted by Gasteiger charge is -2.03. The third-order valence-electron chi connectivity index (χ3n) is 13.6. The van der Waals surface area contributed by atoms with Crippen LogP contribution in [-0.2, 0) is 68.0 Å². The summed E-state index contributed by atoms with van der Waals surface area (Å²) in [4.78, 5) is 0. The Hall–Kier alpha value is -7.85. The Morgan fingerprint density at radius 2 is 0.680 bits per heavy atom. The van der Waals surface area contributed by atoms with Crippen molar-refractivity contribution in [3.8, 4) is 0 Å². The van der Waals surface area contributed by atoms with Gasteiger partial charge in [-0.2, -0.15) is 0 Å². The first kappa shape index (κ1) is 56.4. The van der Waals surface area contributed by atoms with E-state index in [1.165, 1.54) is 84.2 Å². The van der Waals surface area contributed by atoms with Crippen molar-refractivity contribution in [1.82, 2.24) is 22.8 Å². The normalized spacial score (nSPS) is 10.6. The van der Waals surface area contributed by atoms with Gasteiger partial charge < -0.3 is 0 Å². The fourth-order valence-electron chi connectivity index (χ4n) is 9.22. The largest absolute Gasteiger partial charge is 0.253 e. The molecule has 0 radical (unpaired) electrons. The Balaban J connectivity index is 0.000000152. The van der Waals surface area contributed by atoms with Crippen LogP contribution in [0.2, 0.25) is 0 Å². The number of aryl methyl sites for hydroxylation is 12. The molecule has 0 saturated carbocycles.